The van der Waals surface area contributed by atoms with Crippen LogP contribution in [0.25, 0.3) is 0 Å². The average molecular weight is 920 g/mol. The lowest BCUT2D eigenvalue weighted by Gasteiger charge is -2.18. The van der Waals surface area contributed by atoms with Crippen LogP contribution in [-0.2, 0) is 28.6 Å². The Labute approximate surface area is 406 Å². The van der Waals surface area contributed by atoms with Gasteiger partial charge in [0.25, 0.3) is 0 Å². The van der Waals surface area contributed by atoms with Gasteiger partial charge in [-0.2, -0.15) is 0 Å². The van der Waals surface area contributed by atoms with Crippen molar-refractivity contribution in [1.82, 2.24) is 0 Å². The first-order valence-electron chi connectivity index (χ1n) is 29.4. The van der Waals surface area contributed by atoms with Crippen molar-refractivity contribution in [3.8, 4) is 0 Å². The molecule has 1 unspecified atom stereocenters. The van der Waals surface area contributed by atoms with Crippen molar-refractivity contribution in [1.29, 1.82) is 0 Å². The molecule has 0 aromatic carbocycles. The monoisotopic (exact) mass is 919 g/mol. The average Bonchev–Trinajstić information content (AvgIpc) is 3.30. The summed E-state index contributed by atoms with van der Waals surface area (Å²) >= 11 is 0. The Morgan fingerprint density at radius 3 is 0.800 bits per heavy atom. The van der Waals surface area contributed by atoms with Crippen LogP contribution < -0.4 is 0 Å². The lowest BCUT2D eigenvalue weighted by atomic mass is 9.99. The van der Waals surface area contributed by atoms with E-state index in [0.717, 1.165) is 63.7 Å². The molecule has 0 N–H and O–H groups in total. The molecule has 0 aliphatic carbocycles. The van der Waals surface area contributed by atoms with Gasteiger partial charge in [-0.25, -0.2) is 0 Å². The number of esters is 3. The highest BCUT2D eigenvalue weighted by molar-refractivity contribution is 5.71. The Kier molecular flexibility index (Phi) is 52.1. The van der Waals surface area contributed by atoms with Gasteiger partial charge in [-0.15, -0.1) is 0 Å². The minimum absolute atomic E-state index is 0.0618. The van der Waals surface area contributed by atoms with Crippen molar-refractivity contribution in [2.75, 3.05) is 13.2 Å². The maximum absolute atomic E-state index is 12.8. The molecule has 0 rings (SSSR count). The zero-order valence-electron chi connectivity index (χ0n) is 44.5. The molecule has 0 saturated carbocycles. The van der Waals surface area contributed by atoms with Crippen LogP contribution >= 0.6 is 0 Å². The smallest absolute Gasteiger partial charge is 0.306 e. The molecule has 6 nitrogen and oxygen atoms in total. The van der Waals surface area contributed by atoms with Crippen LogP contribution in [0.2, 0.25) is 0 Å². The quantitative estimate of drug-likeness (QED) is 0.0344. The van der Waals surface area contributed by atoms with E-state index >= 15 is 0 Å². The first kappa shape index (κ1) is 63.4. The molecule has 0 aromatic heterocycles. The second kappa shape index (κ2) is 53.4. The van der Waals surface area contributed by atoms with E-state index in [1.165, 1.54) is 231 Å². The highest BCUT2D eigenvalue weighted by Crippen LogP contribution is 2.18. The van der Waals surface area contributed by atoms with E-state index in [1.54, 1.807) is 0 Å². The van der Waals surface area contributed by atoms with Crippen molar-refractivity contribution in [2.45, 2.75) is 342 Å². The molecule has 386 valence electrons. The molecule has 0 aliphatic heterocycles. The van der Waals surface area contributed by atoms with Crippen LogP contribution in [-0.4, -0.2) is 37.2 Å². The van der Waals surface area contributed by atoms with E-state index in [0.29, 0.717) is 19.3 Å². The van der Waals surface area contributed by atoms with Crippen LogP contribution in [0.1, 0.15) is 336 Å². The number of ether oxygens (including phenoxy) is 3. The number of hydrogen-bond acceptors (Lipinski definition) is 6. The van der Waals surface area contributed by atoms with Gasteiger partial charge in [0.1, 0.15) is 13.2 Å². The SMILES string of the molecule is CCCCCCCCCCCCCCCCCC(=O)OC[C@H](COC(=O)CCCCCCCCCCCC)OC(=O)CCCCCCCCCCCCCCCCCCCCC(C)CC. The summed E-state index contributed by atoms with van der Waals surface area (Å²) in [7, 11) is 0. The minimum atomic E-state index is -0.761. The third-order valence-electron chi connectivity index (χ3n) is 13.9. The number of hydrogen-bond donors (Lipinski definition) is 0. The molecule has 65 heavy (non-hydrogen) atoms. The molecular weight excluding hydrogens is 805 g/mol. The molecule has 0 aromatic rings. The summed E-state index contributed by atoms with van der Waals surface area (Å²) in [4.78, 5) is 38.1. The van der Waals surface area contributed by atoms with Crippen LogP contribution in [0.15, 0.2) is 0 Å². The molecule has 0 fully saturated rings. The first-order valence-corrected chi connectivity index (χ1v) is 29.4. The van der Waals surface area contributed by atoms with Crippen LogP contribution in [0.3, 0.4) is 0 Å². The summed E-state index contributed by atoms with van der Waals surface area (Å²) in [6.07, 6.45) is 58.1. The summed E-state index contributed by atoms with van der Waals surface area (Å²) in [5.41, 5.74) is 0. The Bertz CT molecular complexity index is 982. The highest BCUT2D eigenvalue weighted by Gasteiger charge is 2.19. The van der Waals surface area contributed by atoms with E-state index in [9.17, 15) is 14.4 Å². The van der Waals surface area contributed by atoms with E-state index in [2.05, 4.69) is 27.7 Å². The van der Waals surface area contributed by atoms with E-state index in [-0.39, 0.29) is 31.1 Å². The highest BCUT2D eigenvalue weighted by atomic mass is 16.6. The summed E-state index contributed by atoms with van der Waals surface area (Å²) in [6.45, 7) is 9.10. The van der Waals surface area contributed by atoms with Gasteiger partial charge < -0.3 is 14.2 Å². The van der Waals surface area contributed by atoms with Crippen molar-refractivity contribution in [3.05, 3.63) is 0 Å². The van der Waals surface area contributed by atoms with Gasteiger partial charge in [-0.05, 0) is 25.2 Å². The zero-order valence-corrected chi connectivity index (χ0v) is 44.5. The molecule has 0 radical (unpaired) electrons. The number of unbranched alkanes of at least 4 members (excludes halogenated alkanes) is 40. The Morgan fingerprint density at radius 1 is 0.308 bits per heavy atom. The summed E-state index contributed by atoms with van der Waals surface area (Å²) < 4.78 is 16.9. The second-order valence-electron chi connectivity index (χ2n) is 20.5. The normalized spacial score (nSPS) is 12.4. The fraction of sp³-hybridized carbons (Fsp3) is 0.949. The Morgan fingerprint density at radius 2 is 0.538 bits per heavy atom. The van der Waals surface area contributed by atoms with Gasteiger partial charge in [0.2, 0.25) is 0 Å². The Hall–Kier alpha value is -1.59. The third-order valence-corrected chi connectivity index (χ3v) is 13.9. The van der Waals surface area contributed by atoms with Gasteiger partial charge in [0, 0.05) is 19.3 Å². The topological polar surface area (TPSA) is 78.9 Å². The maximum atomic E-state index is 12.8. The van der Waals surface area contributed by atoms with Crippen molar-refractivity contribution in [3.63, 3.8) is 0 Å². The van der Waals surface area contributed by atoms with E-state index in [1.807, 2.05) is 0 Å². The fourth-order valence-electron chi connectivity index (χ4n) is 9.07. The fourth-order valence-corrected chi connectivity index (χ4v) is 9.07. The predicted octanol–water partition coefficient (Wildman–Crippen LogP) is 19.4. The number of carbonyl (C=O) groups is 3. The first-order chi connectivity index (χ1) is 31.9. The molecule has 0 saturated heterocycles. The van der Waals surface area contributed by atoms with E-state index < -0.39 is 6.10 Å². The molecule has 0 amide bonds. The molecule has 0 heterocycles. The van der Waals surface area contributed by atoms with Crippen molar-refractivity contribution in [2.24, 2.45) is 5.92 Å². The number of rotatable bonds is 54. The lowest BCUT2D eigenvalue weighted by Crippen LogP contribution is -2.30. The summed E-state index contributed by atoms with van der Waals surface area (Å²) in [6, 6.07) is 0. The third kappa shape index (κ3) is 51.6. The van der Waals surface area contributed by atoms with Gasteiger partial charge in [-0.1, -0.05) is 297 Å². The molecule has 0 spiro atoms. The van der Waals surface area contributed by atoms with Gasteiger partial charge in [-0.3, -0.25) is 14.4 Å². The standard InChI is InChI=1S/C59H114O6/c1-5-8-10-12-14-16-18-19-24-28-31-35-39-43-47-51-58(61)64-54-56(53-63-57(60)50-46-42-38-34-17-15-13-11-9-6-2)65-59(62)52-48-44-40-36-32-29-26-23-21-20-22-25-27-30-33-37-41-45-49-55(4)7-3/h55-56H,5-54H2,1-4H3/t55?,56-/m0/s1. The molecule has 6 heteroatoms. The van der Waals surface area contributed by atoms with Gasteiger partial charge in [0.15, 0.2) is 6.10 Å². The van der Waals surface area contributed by atoms with Gasteiger partial charge in [0.05, 0.1) is 0 Å². The van der Waals surface area contributed by atoms with Crippen LogP contribution in [0.4, 0.5) is 0 Å². The largest absolute Gasteiger partial charge is 0.462 e. The zero-order chi connectivity index (χ0) is 47.4. The molecular formula is C59H114O6. The maximum Gasteiger partial charge on any atom is 0.306 e. The second-order valence-corrected chi connectivity index (χ2v) is 20.5. The van der Waals surface area contributed by atoms with Crippen LogP contribution in [0.5, 0.6) is 0 Å². The van der Waals surface area contributed by atoms with Crippen molar-refractivity contribution >= 4 is 17.9 Å². The van der Waals surface area contributed by atoms with Crippen LogP contribution in [0, 0.1) is 5.92 Å². The summed E-state index contributed by atoms with van der Waals surface area (Å²) in [5.74, 6) is 0.0727. The molecule has 2 atom stereocenters. The lowest BCUT2D eigenvalue weighted by molar-refractivity contribution is -0.167. The predicted molar refractivity (Wildman–Crippen MR) is 280 cm³/mol. The molecule has 0 aliphatic rings. The Balaban J connectivity index is 4.20. The van der Waals surface area contributed by atoms with Crippen molar-refractivity contribution < 1.29 is 28.6 Å². The molecule has 0 bridgehead atoms. The number of carbonyl (C=O) groups excluding carboxylic acids is 3. The summed E-state index contributed by atoms with van der Waals surface area (Å²) in [5, 5.41) is 0. The minimum Gasteiger partial charge on any atom is -0.462 e. The van der Waals surface area contributed by atoms with Gasteiger partial charge >= 0.3 is 17.9 Å². The van der Waals surface area contributed by atoms with E-state index in [4.69, 9.17) is 14.2 Å².